The van der Waals surface area contributed by atoms with Gasteiger partial charge < -0.3 is 15.2 Å². The van der Waals surface area contributed by atoms with Crippen molar-refractivity contribution in [3.63, 3.8) is 0 Å². The maximum absolute atomic E-state index is 12.4. The summed E-state index contributed by atoms with van der Waals surface area (Å²) in [4.78, 5) is 23.4. The average Bonchev–Trinajstić information content (AvgIpc) is 3.05. The maximum Gasteiger partial charge on any atom is 0.332 e. The van der Waals surface area contributed by atoms with Crippen LogP contribution >= 0.6 is 0 Å². The van der Waals surface area contributed by atoms with E-state index < -0.39 is 18.2 Å². The molecule has 5 nitrogen and oxygen atoms in total. The van der Waals surface area contributed by atoms with E-state index in [1.807, 2.05) is 0 Å². The molecule has 2 aliphatic carbocycles. The van der Waals surface area contributed by atoms with Crippen molar-refractivity contribution in [3.05, 3.63) is 0 Å². The Balaban J connectivity index is 1.67. The van der Waals surface area contributed by atoms with Gasteiger partial charge in [-0.15, -0.1) is 0 Å². The van der Waals surface area contributed by atoms with E-state index in [0.29, 0.717) is 18.8 Å². The zero-order valence-electron chi connectivity index (χ0n) is 13.0. The van der Waals surface area contributed by atoms with Crippen molar-refractivity contribution in [1.82, 2.24) is 5.32 Å². The molecule has 1 heterocycles. The van der Waals surface area contributed by atoms with Crippen molar-refractivity contribution in [2.24, 2.45) is 16.7 Å². The molecular formula is C16H25NO4. The molecule has 118 valence electrons. The van der Waals surface area contributed by atoms with E-state index in [-0.39, 0.29) is 22.8 Å². The molecule has 3 fully saturated rings. The summed E-state index contributed by atoms with van der Waals surface area (Å²) in [5, 5.41) is 12.1. The van der Waals surface area contributed by atoms with Crippen LogP contribution in [-0.4, -0.2) is 35.2 Å². The lowest BCUT2D eigenvalue weighted by atomic mass is 9.68. The average molecular weight is 295 g/mol. The van der Waals surface area contributed by atoms with Gasteiger partial charge in [0.2, 0.25) is 5.91 Å². The highest BCUT2D eigenvalue weighted by atomic mass is 16.5. The molecule has 5 atom stereocenters. The Kier molecular flexibility index (Phi) is 3.32. The van der Waals surface area contributed by atoms with E-state index in [4.69, 9.17) is 9.84 Å². The highest BCUT2D eigenvalue weighted by Gasteiger charge is 2.60. The summed E-state index contributed by atoms with van der Waals surface area (Å²) < 4.78 is 5.36. The lowest BCUT2D eigenvalue weighted by Gasteiger charge is -2.43. The summed E-state index contributed by atoms with van der Waals surface area (Å²) in [6.07, 6.45) is 3.06. The number of carboxylic acid groups (broad SMARTS) is 1. The fourth-order valence-electron chi connectivity index (χ4n) is 4.91. The SMILES string of the molecule is CC12CCC(C1)C(C)(C)C2NC(=O)C1CCC(C(=O)O)O1. The third kappa shape index (κ3) is 2.26. The van der Waals surface area contributed by atoms with E-state index in [0.717, 1.165) is 6.42 Å². The monoisotopic (exact) mass is 295 g/mol. The minimum Gasteiger partial charge on any atom is -0.479 e. The third-order valence-electron chi connectivity index (χ3n) is 6.14. The molecule has 0 aromatic rings. The zero-order valence-corrected chi connectivity index (χ0v) is 13.0. The van der Waals surface area contributed by atoms with Crippen LogP contribution in [0.1, 0.15) is 52.9 Å². The number of amides is 1. The Bertz CT molecular complexity index is 470. The molecule has 0 radical (unpaired) electrons. The van der Waals surface area contributed by atoms with Gasteiger partial charge in [-0.05, 0) is 48.9 Å². The Hall–Kier alpha value is -1.10. The lowest BCUT2D eigenvalue weighted by molar-refractivity contribution is -0.152. The quantitative estimate of drug-likeness (QED) is 0.834. The van der Waals surface area contributed by atoms with Crippen molar-refractivity contribution in [2.75, 3.05) is 0 Å². The van der Waals surface area contributed by atoms with E-state index in [1.54, 1.807) is 0 Å². The first-order valence-corrected chi connectivity index (χ1v) is 7.93. The van der Waals surface area contributed by atoms with Crippen LogP contribution in [0.15, 0.2) is 0 Å². The second kappa shape index (κ2) is 4.70. The van der Waals surface area contributed by atoms with Crippen LogP contribution in [0.4, 0.5) is 0 Å². The second-order valence-electron chi connectivity index (χ2n) is 7.89. The zero-order chi connectivity index (χ0) is 15.4. The fraction of sp³-hybridized carbons (Fsp3) is 0.875. The Labute approximate surface area is 125 Å². The number of hydrogen-bond donors (Lipinski definition) is 2. The van der Waals surface area contributed by atoms with E-state index in [9.17, 15) is 9.59 Å². The van der Waals surface area contributed by atoms with Crippen molar-refractivity contribution < 1.29 is 19.4 Å². The summed E-state index contributed by atoms with van der Waals surface area (Å²) in [5.41, 5.74) is 0.280. The van der Waals surface area contributed by atoms with Gasteiger partial charge in [0.15, 0.2) is 6.10 Å². The first-order chi connectivity index (χ1) is 9.74. The van der Waals surface area contributed by atoms with E-state index >= 15 is 0 Å². The molecule has 3 rings (SSSR count). The molecule has 1 amide bonds. The minimum atomic E-state index is -0.975. The largest absolute Gasteiger partial charge is 0.479 e. The van der Waals surface area contributed by atoms with Gasteiger partial charge in [-0.2, -0.15) is 0 Å². The van der Waals surface area contributed by atoms with Gasteiger partial charge in [-0.1, -0.05) is 20.8 Å². The van der Waals surface area contributed by atoms with Crippen LogP contribution in [0.2, 0.25) is 0 Å². The summed E-state index contributed by atoms with van der Waals surface area (Å²) in [7, 11) is 0. The molecule has 5 heteroatoms. The smallest absolute Gasteiger partial charge is 0.332 e. The molecule has 1 saturated heterocycles. The van der Waals surface area contributed by atoms with Crippen LogP contribution < -0.4 is 5.32 Å². The maximum atomic E-state index is 12.4. The van der Waals surface area contributed by atoms with Gasteiger partial charge in [-0.25, -0.2) is 4.79 Å². The standard InChI is InChI=1S/C16H25NO4/c1-15(2)9-6-7-16(3,8-9)14(15)17-12(18)10-4-5-11(21-10)13(19)20/h9-11,14H,4-8H2,1-3H3,(H,17,18)(H,19,20). The van der Waals surface area contributed by atoms with E-state index in [2.05, 4.69) is 26.1 Å². The molecule has 0 aromatic carbocycles. The fourth-order valence-corrected chi connectivity index (χ4v) is 4.91. The molecule has 0 aromatic heterocycles. The van der Waals surface area contributed by atoms with Crippen LogP contribution in [0.5, 0.6) is 0 Å². The highest BCUT2D eigenvalue weighted by Crippen LogP contribution is 2.62. The number of rotatable bonds is 3. The van der Waals surface area contributed by atoms with Crippen molar-refractivity contribution in [3.8, 4) is 0 Å². The number of carbonyl (C=O) groups is 2. The van der Waals surface area contributed by atoms with Crippen molar-refractivity contribution in [2.45, 2.75) is 71.1 Å². The predicted molar refractivity (Wildman–Crippen MR) is 76.7 cm³/mol. The predicted octanol–water partition coefficient (Wildman–Crippen LogP) is 1.95. The summed E-state index contributed by atoms with van der Waals surface area (Å²) >= 11 is 0. The molecule has 21 heavy (non-hydrogen) atoms. The van der Waals surface area contributed by atoms with Gasteiger partial charge >= 0.3 is 5.97 Å². The Morgan fingerprint density at radius 1 is 1.14 bits per heavy atom. The van der Waals surface area contributed by atoms with Gasteiger partial charge in [0, 0.05) is 6.04 Å². The minimum absolute atomic E-state index is 0.105. The summed E-state index contributed by atoms with van der Waals surface area (Å²) in [6.45, 7) is 6.74. The molecular weight excluding hydrogens is 270 g/mol. The van der Waals surface area contributed by atoms with Crippen LogP contribution in [-0.2, 0) is 14.3 Å². The number of hydrogen-bond acceptors (Lipinski definition) is 3. The topological polar surface area (TPSA) is 75.6 Å². The second-order valence-corrected chi connectivity index (χ2v) is 7.89. The molecule has 3 aliphatic rings. The number of aliphatic carboxylic acids is 1. The van der Waals surface area contributed by atoms with Gasteiger partial charge in [-0.3, -0.25) is 4.79 Å². The van der Waals surface area contributed by atoms with Crippen molar-refractivity contribution >= 4 is 11.9 Å². The molecule has 5 unspecified atom stereocenters. The first kappa shape index (κ1) is 14.8. The van der Waals surface area contributed by atoms with Gasteiger partial charge in [0.05, 0.1) is 0 Å². The van der Waals surface area contributed by atoms with E-state index in [1.165, 1.54) is 12.8 Å². The van der Waals surface area contributed by atoms with Crippen molar-refractivity contribution in [1.29, 1.82) is 0 Å². The normalized spacial score (nSPS) is 44.0. The van der Waals surface area contributed by atoms with Crippen LogP contribution in [0.25, 0.3) is 0 Å². The Morgan fingerprint density at radius 3 is 2.33 bits per heavy atom. The number of nitrogens with one attached hydrogen (secondary N) is 1. The lowest BCUT2D eigenvalue weighted by Crippen LogP contribution is -2.54. The molecule has 0 spiro atoms. The number of fused-ring (bicyclic) bond motifs is 2. The summed E-state index contributed by atoms with van der Waals surface area (Å²) in [6, 6.07) is 0.156. The molecule has 2 N–H and O–H groups in total. The highest BCUT2D eigenvalue weighted by molar-refractivity contribution is 5.83. The number of carbonyl (C=O) groups excluding carboxylic acids is 1. The molecule has 1 aliphatic heterocycles. The molecule has 2 saturated carbocycles. The van der Waals surface area contributed by atoms with Crippen LogP contribution in [0.3, 0.4) is 0 Å². The summed E-state index contributed by atoms with van der Waals surface area (Å²) in [5.74, 6) is -0.438. The van der Waals surface area contributed by atoms with Gasteiger partial charge in [0.25, 0.3) is 0 Å². The first-order valence-electron chi connectivity index (χ1n) is 7.93. The van der Waals surface area contributed by atoms with Gasteiger partial charge in [0.1, 0.15) is 6.10 Å². The molecule has 2 bridgehead atoms. The Morgan fingerprint density at radius 2 is 1.81 bits per heavy atom. The van der Waals surface area contributed by atoms with Crippen LogP contribution in [0, 0.1) is 16.7 Å². The third-order valence-corrected chi connectivity index (χ3v) is 6.14. The number of ether oxygens (including phenoxy) is 1. The number of carboxylic acids is 1.